The minimum absolute atomic E-state index is 0.238. The molecule has 3 rings (SSSR count). The second kappa shape index (κ2) is 4.02. The number of hydrogen-bond donors (Lipinski definition) is 0. The first-order valence-corrected chi connectivity index (χ1v) is 6.23. The maximum absolute atomic E-state index is 12.0. The van der Waals surface area contributed by atoms with Crippen LogP contribution in [0.3, 0.4) is 0 Å². The monoisotopic (exact) mass is 228 g/mol. The Morgan fingerprint density at radius 2 is 2.06 bits per heavy atom. The van der Waals surface area contributed by atoms with Crippen LogP contribution in [0.4, 0.5) is 0 Å². The highest BCUT2D eigenvalue weighted by Gasteiger charge is 2.31. The highest BCUT2D eigenvalue weighted by Crippen LogP contribution is 2.39. The number of allylic oxidation sites excluding steroid dienone is 1. The number of benzene rings is 1. The summed E-state index contributed by atoms with van der Waals surface area (Å²) in [6.45, 7) is 3.92. The number of carbonyl (C=O) groups is 1. The Kier molecular flexibility index (Phi) is 2.50. The fraction of sp³-hybridized carbons (Fsp3) is 0.400. The minimum atomic E-state index is -0.238. The second-order valence-corrected chi connectivity index (χ2v) is 5.09. The number of ether oxygens (including phenoxy) is 1. The Balaban J connectivity index is 2.02. The van der Waals surface area contributed by atoms with Gasteiger partial charge in [0.15, 0.2) is 0 Å². The Labute approximate surface area is 101 Å². The largest absolute Gasteiger partial charge is 0.428 e. The molecule has 2 bridgehead atoms. The summed E-state index contributed by atoms with van der Waals surface area (Å²) >= 11 is 0. The molecule has 0 aromatic heterocycles. The van der Waals surface area contributed by atoms with Gasteiger partial charge in [-0.1, -0.05) is 24.8 Å². The fourth-order valence-corrected chi connectivity index (χ4v) is 3.02. The molecule has 2 nitrogen and oxygen atoms in total. The van der Waals surface area contributed by atoms with E-state index in [4.69, 9.17) is 4.74 Å². The number of rotatable bonds is 0. The smallest absolute Gasteiger partial charge is 0.343 e. The van der Waals surface area contributed by atoms with Gasteiger partial charge in [0.2, 0.25) is 0 Å². The summed E-state index contributed by atoms with van der Waals surface area (Å²) in [5.41, 5.74) is 1.83. The van der Waals surface area contributed by atoms with Gasteiger partial charge in [-0.15, -0.1) is 0 Å². The van der Waals surface area contributed by atoms with Crippen molar-refractivity contribution in [2.24, 2.45) is 11.8 Å². The summed E-state index contributed by atoms with van der Waals surface area (Å²) in [6.07, 6.45) is 4.43. The van der Waals surface area contributed by atoms with Crippen molar-refractivity contribution in [3.05, 3.63) is 47.7 Å². The summed E-state index contributed by atoms with van der Waals surface area (Å²) in [5.74, 6) is 1.47. The van der Waals surface area contributed by atoms with Crippen LogP contribution in [0.2, 0.25) is 0 Å². The molecule has 0 spiro atoms. The average Bonchev–Trinajstić information content (AvgIpc) is 2.78. The van der Waals surface area contributed by atoms with Gasteiger partial charge in [-0.2, -0.15) is 0 Å². The molecule has 2 atom stereocenters. The van der Waals surface area contributed by atoms with E-state index in [0.29, 0.717) is 23.2 Å². The van der Waals surface area contributed by atoms with Gasteiger partial charge in [-0.05, 0) is 43.2 Å². The number of cyclic esters (lactones) is 1. The van der Waals surface area contributed by atoms with Crippen LogP contribution in [0.1, 0.15) is 35.2 Å². The normalized spacial score (nSPS) is 27.8. The SMILES string of the molecule is C=C1OC(=O)c2ccccc2CC2CCC1C2. The van der Waals surface area contributed by atoms with E-state index in [0.717, 1.165) is 24.8 Å². The highest BCUT2D eigenvalue weighted by atomic mass is 16.5. The average molecular weight is 228 g/mol. The van der Waals surface area contributed by atoms with Gasteiger partial charge in [0.05, 0.1) is 5.56 Å². The van der Waals surface area contributed by atoms with E-state index in [9.17, 15) is 4.79 Å². The Morgan fingerprint density at radius 3 is 2.94 bits per heavy atom. The van der Waals surface area contributed by atoms with Crippen molar-refractivity contribution < 1.29 is 9.53 Å². The number of hydrogen-bond acceptors (Lipinski definition) is 2. The van der Waals surface area contributed by atoms with Gasteiger partial charge in [-0.25, -0.2) is 4.79 Å². The van der Waals surface area contributed by atoms with Crippen LogP contribution in [-0.4, -0.2) is 5.97 Å². The molecule has 2 unspecified atom stereocenters. The van der Waals surface area contributed by atoms with Crippen LogP contribution in [-0.2, 0) is 11.2 Å². The topological polar surface area (TPSA) is 26.3 Å². The van der Waals surface area contributed by atoms with Crippen molar-refractivity contribution in [2.75, 3.05) is 0 Å². The van der Waals surface area contributed by atoms with E-state index in [1.165, 1.54) is 6.42 Å². The van der Waals surface area contributed by atoms with Gasteiger partial charge in [0, 0.05) is 5.92 Å². The van der Waals surface area contributed by atoms with Crippen molar-refractivity contribution in [3.63, 3.8) is 0 Å². The lowest BCUT2D eigenvalue weighted by Gasteiger charge is -2.13. The van der Waals surface area contributed by atoms with Gasteiger partial charge in [0.1, 0.15) is 5.76 Å². The predicted molar refractivity (Wildman–Crippen MR) is 65.5 cm³/mol. The van der Waals surface area contributed by atoms with Crippen LogP contribution < -0.4 is 0 Å². The van der Waals surface area contributed by atoms with Crippen molar-refractivity contribution in [3.8, 4) is 0 Å². The van der Waals surface area contributed by atoms with Gasteiger partial charge in [0.25, 0.3) is 0 Å². The van der Waals surface area contributed by atoms with Crippen LogP contribution >= 0.6 is 0 Å². The zero-order valence-corrected chi connectivity index (χ0v) is 9.82. The molecule has 0 amide bonds. The molecule has 17 heavy (non-hydrogen) atoms. The standard InChI is InChI=1S/C15H16O2/c1-10-12-7-6-11(8-12)9-13-4-2-3-5-14(13)15(16)17-10/h2-5,11-12H,1,6-9H2. The fourth-order valence-electron chi connectivity index (χ4n) is 3.02. The maximum Gasteiger partial charge on any atom is 0.343 e. The van der Waals surface area contributed by atoms with Crippen molar-refractivity contribution in [1.29, 1.82) is 0 Å². The third-order valence-corrected chi connectivity index (χ3v) is 3.97. The summed E-state index contributed by atoms with van der Waals surface area (Å²) in [6, 6.07) is 7.77. The molecule has 0 saturated heterocycles. The molecule has 1 fully saturated rings. The molecule has 1 aromatic rings. The third kappa shape index (κ3) is 1.88. The molecular formula is C15H16O2. The summed E-state index contributed by atoms with van der Waals surface area (Å²) in [7, 11) is 0. The number of carbonyl (C=O) groups excluding carboxylic acids is 1. The summed E-state index contributed by atoms with van der Waals surface area (Å²) < 4.78 is 5.39. The Hall–Kier alpha value is -1.57. The van der Waals surface area contributed by atoms with Crippen molar-refractivity contribution in [1.82, 2.24) is 0 Å². The van der Waals surface area contributed by atoms with E-state index < -0.39 is 0 Å². The minimum Gasteiger partial charge on any atom is -0.428 e. The summed E-state index contributed by atoms with van der Waals surface area (Å²) in [5, 5.41) is 0. The first kappa shape index (κ1) is 10.6. The Bertz CT molecular complexity index is 476. The maximum atomic E-state index is 12.0. The van der Waals surface area contributed by atoms with E-state index in [1.807, 2.05) is 24.3 Å². The van der Waals surface area contributed by atoms with E-state index in [2.05, 4.69) is 6.58 Å². The summed E-state index contributed by atoms with van der Waals surface area (Å²) in [4.78, 5) is 12.0. The molecular weight excluding hydrogens is 212 g/mol. The lowest BCUT2D eigenvalue weighted by Crippen LogP contribution is -2.10. The molecule has 88 valence electrons. The quantitative estimate of drug-likeness (QED) is 0.637. The van der Waals surface area contributed by atoms with Crippen molar-refractivity contribution >= 4 is 5.97 Å². The number of esters is 1. The van der Waals surface area contributed by atoms with Crippen LogP contribution in [0.25, 0.3) is 0 Å². The van der Waals surface area contributed by atoms with Gasteiger partial charge < -0.3 is 4.74 Å². The van der Waals surface area contributed by atoms with Crippen LogP contribution in [0.15, 0.2) is 36.6 Å². The first-order chi connectivity index (χ1) is 8.24. The lowest BCUT2D eigenvalue weighted by atomic mass is 9.94. The second-order valence-electron chi connectivity index (χ2n) is 5.09. The zero-order valence-electron chi connectivity index (χ0n) is 9.82. The molecule has 1 aliphatic heterocycles. The van der Waals surface area contributed by atoms with Gasteiger partial charge >= 0.3 is 5.97 Å². The van der Waals surface area contributed by atoms with E-state index in [1.54, 1.807) is 0 Å². The Morgan fingerprint density at radius 1 is 1.24 bits per heavy atom. The highest BCUT2D eigenvalue weighted by molar-refractivity contribution is 5.91. The van der Waals surface area contributed by atoms with E-state index in [-0.39, 0.29) is 5.97 Å². The lowest BCUT2D eigenvalue weighted by molar-refractivity contribution is 0.0591. The van der Waals surface area contributed by atoms with Crippen LogP contribution in [0, 0.1) is 11.8 Å². The zero-order chi connectivity index (χ0) is 11.8. The molecule has 1 aromatic carbocycles. The molecule has 1 saturated carbocycles. The molecule has 2 aliphatic rings. The predicted octanol–water partition coefficient (Wildman–Crippen LogP) is 3.33. The molecule has 0 N–H and O–H groups in total. The number of fused-ring (bicyclic) bond motifs is 3. The van der Waals surface area contributed by atoms with Crippen LogP contribution in [0.5, 0.6) is 0 Å². The van der Waals surface area contributed by atoms with Gasteiger partial charge in [-0.3, -0.25) is 0 Å². The third-order valence-electron chi connectivity index (χ3n) is 3.97. The molecule has 1 aliphatic carbocycles. The molecule has 2 heteroatoms. The molecule has 1 heterocycles. The first-order valence-electron chi connectivity index (χ1n) is 6.23. The molecule has 0 radical (unpaired) electrons. The van der Waals surface area contributed by atoms with E-state index >= 15 is 0 Å². The van der Waals surface area contributed by atoms with Crippen molar-refractivity contribution in [2.45, 2.75) is 25.7 Å².